The molecule has 0 aliphatic carbocycles. The number of hydrogen-bond acceptors (Lipinski definition) is 5. The average Bonchev–Trinajstić information content (AvgIpc) is 3.11. The molecule has 3 rings (SSSR count). The molecule has 1 fully saturated rings. The predicted molar refractivity (Wildman–Crippen MR) is 102 cm³/mol. The van der Waals surface area contributed by atoms with Crippen LogP contribution in [0, 0.1) is 0 Å². The molecule has 1 amide bonds. The number of amides is 1. The minimum atomic E-state index is -0.867. The van der Waals surface area contributed by atoms with E-state index in [2.05, 4.69) is 5.32 Å². The van der Waals surface area contributed by atoms with Crippen molar-refractivity contribution in [3.05, 3.63) is 71.8 Å². The summed E-state index contributed by atoms with van der Waals surface area (Å²) in [5, 5.41) is 23.3. The third kappa shape index (κ3) is 5.79. The Morgan fingerprint density at radius 1 is 1.15 bits per heavy atom. The molecule has 3 N–H and O–H groups in total. The summed E-state index contributed by atoms with van der Waals surface area (Å²) in [4.78, 5) is 14.3. The highest BCUT2D eigenvalue weighted by molar-refractivity contribution is 5.67. The Hall–Kier alpha value is -2.41. The van der Waals surface area contributed by atoms with Crippen LogP contribution in [-0.2, 0) is 11.3 Å². The molecule has 0 aromatic heterocycles. The van der Waals surface area contributed by atoms with Gasteiger partial charge in [0.05, 0.1) is 12.1 Å². The Morgan fingerprint density at radius 3 is 2.44 bits per heavy atom. The Balaban J connectivity index is 1.62. The van der Waals surface area contributed by atoms with Crippen molar-refractivity contribution in [2.45, 2.75) is 31.3 Å². The molecule has 0 radical (unpaired) electrons. The van der Waals surface area contributed by atoms with Crippen LogP contribution in [0.3, 0.4) is 0 Å². The van der Waals surface area contributed by atoms with Gasteiger partial charge in [-0.25, -0.2) is 4.79 Å². The van der Waals surface area contributed by atoms with Crippen molar-refractivity contribution < 1.29 is 19.7 Å². The normalized spacial score (nSPS) is 19.4. The predicted octanol–water partition coefficient (Wildman–Crippen LogP) is 2.08. The minimum absolute atomic E-state index is 0.170. The number of nitrogens with zero attached hydrogens (tertiary/aromatic N) is 1. The first-order valence-corrected chi connectivity index (χ1v) is 9.22. The van der Waals surface area contributed by atoms with Gasteiger partial charge in [-0.1, -0.05) is 60.7 Å². The van der Waals surface area contributed by atoms with Crippen molar-refractivity contribution in [3.8, 4) is 0 Å². The highest BCUT2D eigenvalue weighted by Crippen LogP contribution is 2.19. The summed E-state index contributed by atoms with van der Waals surface area (Å²) in [7, 11) is 0. The lowest BCUT2D eigenvalue weighted by Gasteiger charge is -2.28. The van der Waals surface area contributed by atoms with Crippen LogP contribution in [0.5, 0.6) is 0 Å². The number of ether oxygens (including phenoxy) is 1. The zero-order valence-electron chi connectivity index (χ0n) is 15.2. The first-order chi connectivity index (χ1) is 13.1. The molecule has 2 aromatic rings. The van der Waals surface area contributed by atoms with Crippen molar-refractivity contribution in [2.24, 2.45) is 0 Å². The van der Waals surface area contributed by atoms with Crippen LogP contribution >= 0.6 is 0 Å². The lowest BCUT2D eigenvalue weighted by molar-refractivity contribution is 0.0852. The van der Waals surface area contributed by atoms with E-state index in [-0.39, 0.29) is 12.7 Å². The number of aliphatic hydroxyl groups is 2. The largest absolute Gasteiger partial charge is 0.445 e. The van der Waals surface area contributed by atoms with E-state index in [1.807, 2.05) is 65.6 Å². The Bertz CT molecular complexity index is 711. The van der Waals surface area contributed by atoms with Crippen molar-refractivity contribution in [1.82, 2.24) is 10.2 Å². The molecule has 1 heterocycles. The first kappa shape index (κ1) is 19.4. The third-order valence-corrected chi connectivity index (χ3v) is 4.74. The van der Waals surface area contributed by atoms with Gasteiger partial charge in [-0.05, 0) is 17.5 Å². The van der Waals surface area contributed by atoms with Crippen LogP contribution in [0.4, 0.5) is 4.79 Å². The fourth-order valence-electron chi connectivity index (χ4n) is 3.28. The number of likely N-dealkylation sites (tertiary alicyclic amines) is 1. The van der Waals surface area contributed by atoms with Crippen molar-refractivity contribution in [2.75, 3.05) is 19.6 Å². The summed E-state index contributed by atoms with van der Waals surface area (Å²) >= 11 is 0. The number of β-amino-alcohol motifs (C(OH)–C–C–N with tert-alkyl or cyclic N) is 1. The second kappa shape index (κ2) is 9.50. The molecule has 0 saturated carbocycles. The van der Waals surface area contributed by atoms with E-state index in [1.54, 1.807) is 0 Å². The number of nitrogens with one attached hydrogen (secondary N) is 1. The Labute approximate surface area is 159 Å². The maximum absolute atomic E-state index is 12.3. The molecular weight excluding hydrogens is 344 g/mol. The number of benzene rings is 2. The molecule has 144 valence electrons. The summed E-state index contributed by atoms with van der Waals surface area (Å²) in [5.74, 6) is 0. The molecule has 6 nitrogen and oxygen atoms in total. The smallest absolute Gasteiger partial charge is 0.407 e. The van der Waals surface area contributed by atoms with Gasteiger partial charge in [0, 0.05) is 19.6 Å². The maximum atomic E-state index is 12.3. The van der Waals surface area contributed by atoms with Crippen LogP contribution in [0.1, 0.15) is 23.7 Å². The Morgan fingerprint density at radius 2 is 1.81 bits per heavy atom. The van der Waals surface area contributed by atoms with Gasteiger partial charge in [0.2, 0.25) is 0 Å². The third-order valence-electron chi connectivity index (χ3n) is 4.74. The van der Waals surface area contributed by atoms with Crippen LogP contribution in [0.15, 0.2) is 60.7 Å². The molecule has 27 heavy (non-hydrogen) atoms. The first-order valence-electron chi connectivity index (χ1n) is 9.22. The molecule has 1 unspecified atom stereocenters. The highest BCUT2D eigenvalue weighted by Gasteiger charge is 2.29. The standard InChI is InChI=1S/C21H26N2O4/c24-18-11-12-23(13-18)14-19(20(25)17-9-5-2-6-10-17)22-21(26)27-15-16-7-3-1-4-8-16/h1-10,18-20,24-25H,11-15H2,(H,22,26)/t18?,19-,20-/m0/s1. The second-order valence-electron chi connectivity index (χ2n) is 6.87. The van der Waals surface area contributed by atoms with Crippen molar-refractivity contribution in [3.63, 3.8) is 0 Å². The number of rotatable bonds is 7. The van der Waals surface area contributed by atoms with E-state index in [0.717, 1.165) is 17.7 Å². The van der Waals surface area contributed by atoms with Crippen LogP contribution < -0.4 is 5.32 Å². The molecule has 1 saturated heterocycles. The zero-order chi connectivity index (χ0) is 19.1. The molecule has 0 bridgehead atoms. The van der Waals surface area contributed by atoms with Crippen LogP contribution in [0.2, 0.25) is 0 Å². The number of hydrogen-bond donors (Lipinski definition) is 3. The zero-order valence-corrected chi connectivity index (χ0v) is 15.2. The summed E-state index contributed by atoms with van der Waals surface area (Å²) < 4.78 is 5.30. The highest BCUT2D eigenvalue weighted by atomic mass is 16.5. The maximum Gasteiger partial charge on any atom is 0.407 e. The molecule has 1 aliphatic heterocycles. The summed E-state index contributed by atoms with van der Waals surface area (Å²) in [6.07, 6.45) is -1.09. The monoisotopic (exact) mass is 370 g/mol. The summed E-state index contributed by atoms with van der Waals surface area (Å²) in [5.41, 5.74) is 1.63. The SMILES string of the molecule is O=C(N[C@@H](CN1CCC(O)C1)[C@@H](O)c1ccccc1)OCc1ccccc1. The molecule has 0 spiro atoms. The van der Waals surface area contributed by atoms with Crippen LogP contribution in [0.25, 0.3) is 0 Å². The molecule has 6 heteroatoms. The summed E-state index contributed by atoms with van der Waals surface area (Å²) in [6.45, 7) is 1.88. The van der Waals surface area contributed by atoms with Crippen molar-refractivity contribution in [1.29, 1.82) is 0 Å². The quantitative estimate of drug-likeness (QED) is 0.695. The van der Waals surface area contributed by atoms with Crippen LogP contribution in [-0.4, -0.2) is 53.0 Å². The summed E-state index contributed by atoms with van der Waals surface area (Å²) in [6, 6.07) is 18.1. The van der Waals surface area contributed by atoms with Crippen molar-refractivity contribution >= 4 is 6.09 Å². The lowest BCUT2D eigenvalue weighted by Crippen LogP contribution is -2.47. The van der Waals surface area contributed by atoms with Gasteiger partial charge >= 0.3 is 6.09 Å². The lowest BCUT2D eigenvalue weighted by atomic mass is 10.0. The van der Waals surface area contributed by atoms with E-state index in [9.17, 15) is 15.0 Å². The van der Waals surface area contributed by atoms with Gasteiger partial charge in [0.25, 0.3) is 0 Å². The Kier molecular flexibility index (Phi) is 6.81. The number of carbonyl (C=O) groups excluding carboxylic acids is 1. The van der Waals surface area contributed by atoms with E-state index < -0.39 is 18.2 Å². The van der Waals surface area contributed by atoms with Gasteiger partial charge in [-0.15, -0.1) is 0 Å². The van der Waals surface area contributed by atoms with Gasteiger partial charge in [-0.3, -0.25) is 4.90 Å². The molecular formula is C21H26N2O4. The van der Waals surface area contributed by atoms with Gasteiger partial charge in [0.1, 0.15) is 12.7 Å². The van der Waals surface area contributed by atoms with Gasteiger partial charge in [0.15, 0.2) is 0 Å². The van der Waals surface area contributed by atoms with E-state index in [4.69, 9.17) is 4.74 Å². The van der Waals surface area contributed by atoms with E-state index in [1.165, 1.54) is 0 Å². The molecule has 3 atom stereocenters. The fraction of sp³-hybridized carbons (Fsp3) is 0.381. The second-order valence-corrected chi connectivity index (χ2v) is 6.87. The number of alkyl carbamates (subject to hydrolysis) is 1. The van der Waals surface area contributed by atoms with Gasteiger partial charge in [-0.2, -0.15) is 0 Å². The number of carbonyl (C=O) groups is 1. The van der Waals surface area contributed by atoms with E-state index >= 15 is 0 Å². The average molecular weight is 370 g/mol. The van der Waals surface area contributed by atoms with E-state index in [0.29, 0.717) is 19.5 Å². The van der Waals surface area contributed by atoms with Gasteiger partial charge < -0.3 is 20.3 Å². The molecule has 1 aliphatic rings. The fourth-order valence-corrected chi connectivity index (χ4v) is 3.28. The minimum Gasteiger partial charge on any atom is -0.445 e. The topological polar surface area (TPSA) is 82.0 Å². The molecule has 2 aromatic carbocycles. The number of aliphatic hydroxyl groups excluding tert-OH is 2.